The summed E-state index contributed by atoms with van der Waals surface area (Å²) >= 11 is 0. The van der Waals surface area contributed by atoms with E-state index in [2.05, 4.69) is 47.9 Å². The Morgan fingerprint density at radius 2 is 1.12 bits per heavy atom. The molecule has 32 heavy (non-hydrogen) atoms. The number of hydrogen-bond acceptors (Lipinski definition) is 5. The molecule has 0 aliphatic carbocycles. The number of nitrogens with zero attached hydrogens (tertiary/aromatic N) is 1. The molecule has 0 spiro atoms. The lowest BCUT2D eigenvalue weighted by Gasteiger charge is -2.07. The number of benzene rings is 4. The molecule has 0 radical (unpaired) electrons. The molecule has 5 rings (SSSR count). The Morgan fingerprint density at radius 3 is 1.69 bits per heavy atom. The number of aryl methyl sites for hydroxylation is 1. The molecule has 0 fully saturated rings. The third kappa shape index (κ3) is 3.86. The van der Waals surface area contributed by atoms with E-state index in [-0.39, 0.29) is 0 Å². The predicted octanol–water partition coefficient (Wildman–Crippen LogP) is 5.08. The summed E-state index contributed by atoms with van der Waals surface area (Å²) in [6, 6.07) is 25.6. The number of anilines is 5. The molecular formula is C26H28N6. The molecule has 10 N–H and O–H groups in total. The molecule has 0 amide bonds. The van der Waals surface area contributed by atoms with Crippen molar-refractivity contribution in [2.75, 3.05) is 28.7 Å². The summed E-state index contributed by atoms with van der Waals surface area (Å²) in [7, 11) is 0. The SMILES string of the molecule is CCn1c2ccccc2c2cc(N)ccc21.Nc1ccc(-c2ccc(N)c(N)c2)cc1N. The molecule has 0 saturated carbocycles. The van der Waals surface area contributed by atoms with Gasteiger partial charge in [0.05, 0.1) is 22.7 Å². The van der Waals surface area contributed by atoms with Gasteiger partial charge in [-0.1, -0.05) is 30.3 Å². The third-order valence-electron chi connectivity index (χ3n) is 5.62. The highest BCUT2D eigenvalue weighted by molar-refractivity contribution is 6.08. The smallest absolute Gasteiger partial charge is 0.0554 e. The fourth-order valence-corrected chi connectivity index (χ4v) is 3.92. The van der Waals surface area contributed by atoms with Crippen molar-refractivity contribution >= 4 is 50.2 Å². The quantitative estimate of drug-likeness (QED) is 0.252. The van der Waals surface area contributed by atoms with Crippen LogP contribution in [0.3, 0.4) is 0 Å². The van der Waals surface area contributed by atoms with Gasteiger partial charge in [0, 0.05) is 34.0 Å². The van der Waals surface area contributed by atoms with Gasteiger partial charge in [-0.3, -0.25) is 0 Å². The molecule has 0 unspecified atom stereocenters. The maximum absolute atomic E-state index is 5.86. The van der Waals surface area contributed by atoms with Gasteiger partial charge in [-0.2, -0.15) is 0 Å². The summed E-state index contributed by atoms with van der Waals surface area (Å²) in [5, 5.41) is 2.53. The Balaban J connectivity index is 0.000000153. The maximum Gasteiger partial charge on any atom is 0.0554 e. The van der Waals surface area contributed by atoms with E-state index >= 15 is 0 Å². The normalized spacial score (nSPS) is 10.8. The molecule has 4 aromatic carbocycles. The number of nitrogens with two attached hydrogens (primary N) is 5. The van der Waals surface area contributed by atoms with Crippen LogP contribution >= 0.6 is 0 Å². The minimum Gasteiger partial charge on any atom is -0.399 e. The van der Waals surface area contributed by atoms with Gasteiger partial charge >= 0.3 is 0 Å². The van der Waals surface area contributed by atoms with Gasteiger partial charge < -0.3 is 33.2 Å². The average Bonchev–Trinajstić information content (AvgIpc) is 3.11. The molecule has 6 nitrogen and oxygen atoms in total. The average molecular weight is 425 g/mol. The van der Waals surface area contributed by atoms with Gasteiger partial charge in [0.1, 0.15) is 0 Å². The minimum absolute atomic E-state index is 0.563. The monoisotopic (exact) mass is 424 g/mol. The first-order valence-electron chi connectivity index (χ1n) is 10.5. The Bertz CT molecular complexity index is 1370. The van der Waals surface area contributed by atoms with Crippen LogP contribution in [0.1, 0.15) is 6.92 Å². The lowest BCUT2D eigenvalue weighted by Crippen LogP contribution is -1.96. The van der Waals surface area contributed by atoms with Crippen LogP contribution in [0.2, 0.25) is 0 Å². The number of rotatable bonds is 2. The number of nitrogen functional groups attached to an aromatic ring is 5. The van der Waals surface area contributed by atoms with E-state index in [4.69, 9.17) is 28.7 Å². The highest BCUT2D eigenvalue weighted by atomic mass is 15.0. The van der Waals surface area contributed by atoms with E-state index in [1.807, 2.05) is 30.3 Å². The largest absolute Gasteiger partial charge is 0.399 e. The first kappa shape index (κ1) is 20.9. The molecule has 0 saturated heterocycles. The van der Waals surface area contributed by atoms with E-state index in [0.717, 1.165) is 23.4 Å². The van der Waals surface area contributed by atoms with Crippen LogP contribution in [-0.2, 0) is 6.54 Å². The fraction of sp³-hybridized carbons (Fsp3) is 0.0769. The van der Waals surface area contributed by atoms with Gasteiger partial charge in [0.2, 0.25) is 0 Å². The maximum atomic E-state index is 5.86. The van der Waals surface area contributed by atoms with Gasteiger partial charge in [-0.15, -0.1) is 0 Å². The number of fused-ring (bicyclic) bond motifs is 3. The van der Waals surface area contributed by atoms with Crippen molar-refractivity contribution in [3.63, 3.8) is 0 Å². The van der Waals surface area contributed by atoms with Gasteiger partial charge in [-0.25, -0.2) is 0 Å². The Hall–Kier alpha value is -4.32. The van der Waals surface area contributed by atoms with Crippen molar-refractivity contribution in [3.05, 3.63) is 78.9 Å². The predicted molar refractivity (Wildman–Crippen MR) is 139 cm³/mol. The molecule has 0 bridgehead atoms. The standard InChI is InChI=1S/C14H14N2.C12H14N4/c1-2-16-13-6-4-3-5-11(13)12-9-10(15)7-8-14(12)16;13-9-3-1-7(5-11(9)15)8-2-4-10(14)12(16)6-8/h3-9H,2,15H2,1H3;1-6H,13-16H2. The van der Waals surface area contributed by atoms with Gasteiger partial charge in [-0.05, 0) is 66.6 Å². The zero-order valence-electron chi connectivity index (χ0n) is 18.0. The molecule has 6 heteroatoms. The van der Waals surface area contributed by atoms with Crippen molar-refractivity contribution < 1.29 is 0 Å². The lowest BCUT2D eigenvalue weighted by molar-refractivity contribution is 0.827. The Morgan fingerprint density at radius 1 is 0.562 bits per heavy atom. The van der Waals surface area contributed by atoms with E-state index < -0.39 is 0 Å². The van der Waals surface area contributed by atoms with E-state index in [0.29, 0.717) is 22.7 Å². The van der Waals surface area contributed by atoms with Crippen molar-refractivity contribution in [2.24, 2.45) is 0 Å². The van der Waals surface area contributed by atoms with Crippen LogP contribution in [0.5, 0.6) is 0 Å². The Labute approximate surface area is 187 Å². The number of para-hydroxylation sites is 1. The molecule has 0 aliphatic rings. The van der Waals surface area contributed by atoms with Crippen LogP contribution in [0, 0.1) is 0 Å². The van der Waals surface area contributed by atoms with Crippen molar-refractivity contribution in [1.82, 2.24) is 4.57 Å². The van der Waals surface area contributed by atoms with Crippen molar-refractivity contribution in [3.8, 4) is 11.1 Å². The summed E-state index contributed by atoms with van der Waals surface area (Å²) in [5.74, 6) is 0. The summed E-state index contributed by atoms with van der Waals surface area (Å²) in [4.78, 5) is 0. The summed E-state index contributed by atoms with van der Waals surface area (Å²) < 4.78 is 2.32. The zero-order valence-corrected chi connectivity index (χ0v) is 18.0. The molecule has 0 aliphatic heterocycles. The second-order valence-corrected chi connectivity index (χ2v) is 7.73. The van der Waals surface area contributed by atoms with E-state index in [9.17, 15) is 0 Å². The van der Waals surface area contributed by atoms with Crippen LogP contribution in [-0.4, -0.2) is 4.57 Å². The van der Waals surface area contributed by atoms with E-state index in [1.165, 1.54) is 21.8 Å². The highest BCUT2D eigenvalue weighted by Crippen LogP contribution is 2.30. The summed E-state index contributed by atoms with van der Waals surface area (Å²) in [6.45, 7) is 3.15. The highest BCUT2D eigenvalue weighted by Gasteiger charge is 2.08. The fourth-order valence-electron chi connectivity index (χ4n) is 3.92. The first-order valence-corrected chi connectivity index (χ1v) is 10.5. The van der Waals surface area contributed by atoms with Crippen LogP contribution in [0.4, 0.5) is 28.4 Å². The van der Waals surface area contributed by atoms with Crippen molar-refractivity contribution in [2.45, 2.75) is 13.5 Å². The van der Waals surface area contributed by atoms with Crippen LogP contribution in [0.25, 0.3) is 32.9 Å². The second kappa shape index (κ2) is 8.43. The number of aromatic nitrogens is 1. The first-order chi connectivity index (χ1) is 15.4. The molecular weight excluding hydrogens is 396 g/mol. The second-order valence-electron chi connectivity index (χ2n) is 7.73. The number of hydrogen-bond donors (Lipinski definition) is 5. The lowest BCUT2D eigenvalue weighted by atomic mass is 10.0. The molecule has 5 aromatic rings. The van der Waals surface area contributed by atoms with Crippen LogP contribution < -0.4 is 28.7 Å². The van der Waals surface area contributed by atoms with Crippen molar-refractivity contribution in [1.29, 1.82) is 0 Å². The van der Waals surface area contributed by atoms with Gasteiger partial charge in [0.25, 0.3) is 0 Å². The summed E-state index contributed by atoms with van der Waals surface area (Å²) in [5.41, 5.74) is 36.2. The third-order valence-corrected chi connectivity index (χ3v) is 5.62. The van der Waals surface area contributed by atoms with Crippen LogP contribution in [0.15, 0.2) is 78.9 Å². The molecule has 0 atom stereocenters. The minimum atomic E-state index is 0.563. The zero-order chi connectivity index (χ0) is 22.8. The van der Waals surface area contributed by atoms with E-state index in [1.54, 1.807) is 12.1 Å². The Kier molecular flexibility index (Phi) is 5.52. The summed E-state index contributed by atoms with van der Waals surface area (Å²) in [6.07, 6.45) is 0. The topological polar surface area (TPSA) is 135 Å². The molecule has 162 valence electrons. The van der Waals surface area contributed by atoms with Gasteiger partial charge in [0.15, 0.2) is 0 Å². The molecule has 1 aromatic heterocycles. The molecule has 1 heterocycles.